The summed E-state index contributed by atoms with van der Waals surface area (Å²) in [5.41, 5.74) is 0.0392. The SMILES string of the molecule is COCC1CN(C(=O)Nc2cccn(C)c2=O)CCO1. The summed E-state index contributed by atoms with van der Waals surface area (Å²) in [6.07, 6.45) is 1.51. The smallest absolute Gasteiger partial charge is 0.322 e. The molecule has 1 aromatic heterocycles. The number of carbonyl (C=O) groups is 1. The van der Waals surface area contributed by atoms with Crippen LogP contribution in [0.4, 0.5) is 10.5 Å². The molecule has 2 heterocycles. The van der Waals surface area contributed by atoms with Crippen molar-refractivity contribution in [3.63, 3.8) is 0 Å². The normalized spacial score (nSPS) is 18.9. The quantitative estimate of drug-likeness (QED) is 0.863. The second-order valence-corrected chi connectivity index (χ2v) is 4.66. The van der Waals surface area contributed by atoms with Crippen molar-refractivity contribution in [2.45, 2.75) is 6.10 Å². The van der Waals surface area contributed by atoms with Gasteiger partial charge in [-0.25, -0.2) is 4.79 Å². The van der Waals surface area contributed by atoms with Crippen LogP contribution in [0.1, 0.15) is 0 Å². The van der Waals surface area contributed by atoms with Crippen molar-refractivity contribution < 1.29 is 14.3 Å². The van der Waals surface area contributed by atoms with Crippen molar-refractivity contribution in [3.05, 3.63) is 28.7 Å². The molecule has 0 bridgehead atoms. The maximum atomic E-state index is 12.2. The van der Waals surface area contributed by atoms with Crippen LogP contribution in [-0.2, 0) is 16.5 Å². The zero-order valence-electron chi connectivity index (χ0n) is 11.7. The standard InChI is InChI=1S/C13H19N3O4/c1-15-5-3-4-11(12(15)17)14-13(18)16-6-7-20-10(8-16)9-19-2/h3-5,10H,6-9H2,1-2H3,(H,14,18). The molecule has 2 amide bonds. The van der Waals surface area contributed by atoms with Crippen LogP contribution in [0.3, 0.4) is 0 Å². The van der Waals surface area contributed by atoms with Gasteiger partial charge in [-0.15, -0.1) is 0 Å². The molecule has 1 aliphatic heterocycles. The molecule has 2 rings (SSSR count). The van der Waals surface area contributed by atoms with Crippen LogP contribution in [0.15, 0.2) is 23.1 Å². The second kappa shape index (κ2) is 6.53. The number of pyridine rings is 1. The number of anilines is 1. The molecule has 1 atom stereocenters. The first-order valence-corrected chi connectivity index (χ1v) is 6.44. The number of carbonyl (C=O) groups excluding carboxylic acids is 1. The molecule has 0 radical (unpaired) electrons. The summed E-state index contributed by atoms with van der Waals surface area (Å²) in [6.45, 7) is 1.86. The monoisotopic (exact) mass is 281 g/mol. The van der Waals surface area contributed by atoms with E-state index in [9.17, 15) is 9.59 Å². The van der Waals surface area contributed by atoms with Gasteiger partial charge in [-0.2, -0.15) is 0 Å². The summed E-state index contributed by atoms with van der Waals surface area (Å²) in [7, 11) is 3.23. The van der Waals surface area contributed by atoms with Gasteiger partial charge in [0.25, 0.3) is 5.56 Å². The Morgan fingerprint density at radius 1 is 1.60 bits per heavy atom. The molecule has 7 heteroatoms. The van der Waals surface area contributed by atoms with E-state index in [0.717, 1.165) is 0 Å². The van der Waals surface area contributed by atoms with E-state index < -0.39 is 0 Å². The number of ether oxygens (including phenoxy) is 2. The van der Waals surface area contributed by atoms with Gasteiger partial charge in [0, 0.05) is 26.9 Å². The van der Waals surface area contributed by atoms with Crippen molar-refractivity contribution in [3.8, 4) is 0 Å². The van der Waals surface area contributed by atoms with Crippen LogP contribution >= 0.6 is 0 Å². The summed E-state index contributed by atoms with van der Waals surface area (Å²) >= 11 is 0. The number of hydrogen-bond acceptors (Lipinski definition) is 4. The zero-order chi connectivity index (χ0) is 14.5. The van der Waals surface area contributed by atoms with Crippen molar-refractivity contribution in [2.75, 3.05) is 38.7 Å². The number of morpholine rings is 1. The van der Waals surface area contributed by atoms with E-state index in [2.05, 4.69) is 5.32 Å². The number of aromatic nitrogens is 1. The molecule has 1 aromatic rings. The van der Waals surface area contributed by atoms with Crippen molar-refractivity contribution in [1.29, 1.82) is 0 Å². The average molecular weight is 281 g/mol. The summed E-state index contributed by atoms with van der Waals surface area (Å²) in [5.74, 6) is 0. The minimum atomic E-state index is -0.294. The third kappa shape index (κ3) is 3.37. The van der Waals surface area contributed by atoms with Gasteiger partial charge in [0.1, 0.15) is 5.69 Å². The Morgan fingerprint density at radius 3 is 3.15 bits per heavy atom. The Morgan fingerprint density at radius 2 is 2.40 bits per heavy atom. The molecule has 110 valence electrons. The third-order valence-corrected chi connectivity index (χ3v) is 3.14. The maximum Gasteiger partial charge on any atom is 0.322 e. The van der Waals surface area contributed by atoms with Crippen molar-refractivity contribution >= 4 is 11.7 Å². The van der Waals surface area contributed by atoms with E-state index in [4.69, 9.17) is 9.47 Å². The highest BCUT2D eigenvalue weighted by atomic mass is 16.5. The highest BCUT2D eigenvalue weighted by Crippen LogP contribution is 2.08. The Hall–Kier alpha value is -1.86. The number of rotatable bonds is 3. The van der Waals surface area contributed by atoms with Gasteiger partial charge >= 0.3 is 6.03 Å². The van der Waals surface area contributed by atoms with Gasteiger partial charge in [-0.1, -0.05) is 0 Å². The lowest BCUT2D eigenvalue weighted by molar-refractivity contribution is -0.0481. The molecular weight excluding hydrogens is 262 g/mol. The van der Waals surface area contributed by atoms with Crippen LogP contribution < -0.4 is 10.9 Å². The second-order valence-electron chi connectivity index (χ2n) is 4.66. The minimum Gasteiger partial charge on any atom is -0.382 e. The first-order chi connectivity index (χ1) is 9.61. The molecule has 1 fully saturated rings. The summed E-state index contributed by atoms with van der Waals surface area (Å²) in [5, 5.41) is 2.64. The molecule has 1 aliphatic rings. The molecule has 0 spiro atoms. The lowest BCUT2D eigenvalue weighted by atomic mass is 10.3. The molecule has 0 saturated carbocycles. The van der Waals surface area contributed by atoms with Crippen LogP contribution in [0.25, 0.3) is 0 Å². The van der Waals surface area contributed by atoms with E-state index in [1.807, 2.05) is 0 Å². The number of hydrogen-bond donors (Lipinski definition) is 1. The molecular formula is C13H19N3O4. The van der Waals surface area contributed by atoms with Gasteiger partial charge in [0.05, 0.1) is 25.9 Å². The summed E-state index contributed by atoms with van der Waals surface area (Å²) < 4.78 is 11.9. The highest BCUT2D eigenvalue weighted by Gasteiger charge is 2.24. The predicted molar refractivity (Wildman–Crippen MR) is 73.9 cm³/mol. The van der Waals surface area contributed by atoms with Gasteiger partial charge < -0.3 is 24.3 Å². The molecule has 0 aliphatic carbocycles. The van der Waals surface area contributed by atoms with E-state index in [0.29, 0.717) is 26.3 Å². The minimum absolute atomic E-state index is 0.127. The zero-order valence-corrected chi connectivity index (χ0v) is 11.7. The number of nitrogens with zero attached hydrogens (tertiary/aromatic N) is 2. The van der Waals surface area contributed by atoms with Gasteiger partial charge in [-0.05, 0) is 12.1 Å². The number of nitrogens with one attached hydrogen (secondary N) is 1. The van der Waals surface area contributed by atoms with E-state index in [1.54, 1.807) is 37.4 Å². The van der Waals surface area contributed by atoms with Gasteiger partial charge in [0.2, 0.25) is 0 Å². The van der Waals surface area contributed by atoms with E-state index in [-0.39, 0.29) is 23.4 Å². The third-order valence-electron chi connectivity index (χ3n) is 3.14. The lowest BCUT2D eigenvalue weighted by Crippen LogP contribution is -2.49. The molecule has 0 aromatic carbocycles. The van der Waals surface area contributed by atoms with Crippen LogP contribution in [0.5, 0.6) is 0 Å². The van der Waals surface area contributed by atoms with Crippen molar-refractivity contribution in [2.24, 2.45) is 7.05 Å². The van der Waals surface area contributed by atoms with Crippen molar-refractivity contribution in [1.82, 2.24) is 9.47 Å². The molecule has 7 nitrogen and oxygen atoms in total. The average Bonchev–Trinajstić information content (AvgIpc) is 2.44. The lowest BCUT2D eigenvalue weighted by Gasteiger charge is -2.32. The van der Waals surface area contributed by atoms with Crippen LogP contribution in [-0.4, -0.2) is 55.0 Å². The Kier molecular flexibility index (Phi) is 4.75. The Balaban J connectivity index is 2.01. The fraction of sp³-hybridized carbons (Fsp3) is 0.538. The number of urea groups is 1. The first-order valence-electron chi connectivity index (χ1n) is 6.44. The number of aryl methyl sites for hydroxylation is 1. The highest BCUT2D eigenvalue weighted by molar-refractivity contribution is 5.89. The maximum absolute atomic E-state index is 12.2. The number of methoxy groups -OCH3 is 1. The molecule has 1 unspecified atom stereocenters. The predicted octanol–water partition coefficient (Wildman–Crippen LogP) is 0.264. The summed E-state index contributed by atoms with van der Waals surface area (Å²) in [6, 6.07) is 3.01. The Bertz CT molecular complexity index is 527. The molecule has 20 heavy (non-hydrogen) atoms. The molecule has 1 N–H and O–H groups in total. The van der Waals surface area contributed by atoms with Crippen LogP contribution in [0, 0.1) is 0 Å². The van der Waals surface area contributed by atoms with E-state index >= 15 is 0 Å². The largest absolute Gasteiger partial charge is 0.382 e. The molecule has 1 saturated heterocycles. The topological polar surface area (TPSA) is 72.8 Å². The Labute approximate surface area is 117 Å². The fourth-order valence-electron chi connectivity index (χ4n) is 2.08. The fourth-order valence-corrected chi connectivity index (χ4v) is 2.08. The van der Waals surface area contributed by atoms with Crippen LogP contribution in [0.2, 0.25) is 0 Å². The van der Waals surface area contributed by atoms with Gasteiger partial charge in [0.15, 0.2) is 0 Å². The summed E-state index contributed by atoms with van der Waals surface area (Å²) in [4.78, 5) is 25.6. The number of amides is 2. The first kappa shape index (κ1) is 14.5. The van der Waals surface area contributed by atoms with E-state index in [1.165, 1.54) is 4.57 Å². The van der Waals surface area contributed by atoms with Gasteiger partial charge in [-0.3, -0.25) is 4.79 Å².